The molecule has 2 unspecified atom stereocenters. The number of hydrogen-bond acceptors (Lipinski definition) is 2. The highest BCUT2D eigenvalue weighted by Crippen LogP contribution is 2.36. The fourth-order valence-electron chi connectivity index (χ4n) is 2.73. The van der Waals surface area contributed by atoms with E-state index in [0.29, 0.717) is 6.54 Å². The van der Waals surface area contributed by atoms with Gasteiger partial charge in [-0.05, 0) is 25.0 Å². The molecule has 0 aromatic heterocycles. The zero-order valence-corrected chi connectivity index (χ0v) is 13.0. The first-order valence-electron chi connectivity index (χ1n) is 7.80. The topological polar surface area (TPSA) is 29.5 Å². The van der Waals surface area contributed by atoms with Crippen molar-refractivity contribution in [3.63, 3.8) is 0 Å². The summed E-state index contributed by atoms with van der Waals surface area (Å²) in [7, 11) is 0. The molecule has 1 aliphatic rings. The molecule has 0 fully saturated rings. The number of ether oxygens (including phenoxy) is 1. The number of carbonyl (C=O) groups excluding carboxylic acids is 1. The van der Waals surface area contributed by atoms with Gasteiger partial charge in [-0.25, -0.2) is 0 Å². The van der Waals surface area contributed by atoms with Gasteiger partial charge in [-0.1, -0.05) is 55.5 Å². The van der Waals surface area contributed by atoms with Crippen molar-refractivity contribution in [1.29, 1.82) is 0 Å². The van der Waals surface area contributed by atoms with Gasteiger partial charge in [0.15, 0.2) is 6.23 Å². The normalized spacial score (nSPS) is 18.4. The second-order valence-corrected chi connectivity index (χ2v) is 5.71. The standard InChI is InChI=1S/C19H21NO2/c1-3-14(2)22-19-17-12-8-7-11-16(17)18(21)20(19)13-15-9-5-4-6-10-15/h4-12,14,19H,3,13H2,1-2H3. The predicted octanol–water partition coefficient (Wildman–Crippen LogP) is 4.16. The molecule has 2 atom stereocenters. The Morgan fingerprint density at radius 2 is 1.77 bits per heavy atom. The summed E-state index contributed by atoms with van der Waals surface area (Å²) in [5, 5.41) is 0. The second-order valence-electron chi connectivity index (χ2n) is 5.71. The van der Waals surface area contributed by atoms with Crippen molar-refractivity contribution < 1.29 is 9.53 Å². The van der Waals surface area contributed by atoms with Gasteiger partial charge in [-0.3, -0.25) is 4.79 Å². The Balaban J connectivity index is 1.91. The summed E-state index contributed by atoms with van der Waals surface area (Å²) in [5.74, 6) is 0.0488. The van der Waals surface area contributed by atoms with Crippen molar-refractivity contribution in [2.45, 2.75) is 39.1 Å². The molecule has 3 rings (SSSR count). The number of benzene rings is 2. The second kappa shape index (κ2) is 6.32. The first-order chi connectivity index (χ1) is 10.7. The number of nitrogens with zero attached hydrogens (tertiary/aromatic N) is 1. The van der Waals surface area contributed by atoms with Crippen LogP contribution in [0.3, 0.4) is 0 Å². The van der Waals surface area contributed by atoms with Crippen LogP contribution in [0.1, 0.15) is 48.0 Å². The molecule has 0 radical (unpaired) electrons. The van der Waals surface area contributed by atoms with Crippen LogP contribution >= 0.6 is 0 Å². The number of hydrogen-bond donors (Lipinski definition) is 0. The fraction of sp³-hybridized carbons (Fsp3) is 0.316. The van der Waals surface area contributed by atoms with E-state index >= 15 is 0 Å². The van der Waals surface area contributed by atoms with Gasteiger partial charge in [0.1, 0.15) is 0 Å². The van der Waals surface area contributed by atoms with E-state index in [0.717, 1.165) is 23.1 Å². The van der Waals surface area contributed by atoms with E-state index in [1.54, 1.807) is 0 Å². The van der Waals surface area contributed by atoms with Gasteiger partial charge < -0.3 is 9.64 Å². The zero-order valence-electron chi connectivity index (χ0n) is 13.0. The third-order valence-electron chi connectivity index (χ3n) is 4.13. The maximum absolute atomic E-state index is 12.7. The Bertz CT molecular complexity index is 653. The van der Waals surface area contributed by atoms with Gasteiger partial charge in [0, 0.05) is 17.7 Å². The first-order valence-corrected chi connectivity index (χ1v) is 7.80. The minimum atomic E-state index is -0.293. The summed E-state index contributed by atoms with van der Waals surface area (Å²) in [6.45, 7) is 4.70. The molecule has 0 spiro atoms. The highest BCUT2D eigenvalue weighted by atomic mass is 16.5. The lowest BCUT2D eigenvalue weighted by molar-refractivity contribution is -0.0789. The molecule has 3 heteroatoms. The Morgan fingerprint density at radius 3 is 2.50 bits per heavy atom. The quantitative estimate of drug-likeness (QED) is 0.829. The molecular formula is C19H21NO2. The van der Waals surface area contributed by atoms with E-state index in [2.05, 4.69) is 6.92 Å². The Kier molecular flexibility index (Phi) is 4.25. The van der Waals surface area contributed by atoms with E-state index in [9.17, 15) is 4.79 Å². The molecule has 1 amide bonds. The molecule has 0 bridgehead atoms. The molecule has 3 nitrogen and oxygen atoms in total. The summed E-state index contributed by atoms with van der Waals surface area (Å²) in [5.41, 5.74) is 2.84. The number of amides is 1. The molecule has 1 heterocycles. The predicted molar refractivity (Wildman–Crippen MR) is 86.3 cm³/mol. The molecule has 0 N–H and O–H groups in total. The molecule has 0 aliphatic carbocycles. The van der Waals surface area contributed by atoms with E-state index in [4.69, 9.17) is 4.74 Å². The lowest BCUT2D eigenvalue weighted by Crippen LogP contribution is -2.31. The molecule has 1 aliphatic heterocycles. The van der Waals surface area contributed by atoms with Crippen LogP contribution in [0.15, 0.2) is 54.6 Å². The SMILES string of the molecule is CCC(C)OC1c2ccccc2C(=O)N1Cc1ccccc1. The van der Waals surface area contributed by atoms with Gasteiger partial charge in [0.25, 0.3) is 5.91 Å². The number of fused-ring (bicyclic) bond motifs is 1. The number of carbonyl (C=O) groups is 1. The molecule has 0 saturated carbocycles. The maximum Gasteiger partial charge on any atom is 0.256 e. The van der Waals surface area contributed by atoms with Crippen LogP contribution in [0.2, 0.25) is 0 Å². The van der Waals surface area contributed by atoms with Crippen molar-refractivity contribution in [3.8, 4) is 0 Å². The molecular weight excluding hydrogens is 274 g/mol. The van der Waals surface area contributed by atoms with Crippen LogP contribution in [0, 0.1) is 0 Å². The van der Waals surface area contributed by atoms with Crippen molar-refractivity contribution in [2.24, 2.45) is 0 Å². The summed E-state index contributed by atoms with van der Waals surface area (Å²) in [6.07, 6.45) is 0.743. The lowest BCUT2D eigenvalue weighted by Gasteiger charge is -2.28. The van der Waals surface area contributed by atoms with E-state index in [1.165, 1.54) is 0 Å². The summed E-state index contributed by atoms with van der Waals surface area (Å²) in [6, 6.07) is 17.8. The number of rotatable bonds is 5. The van der Waals surface area contributed by atoms with Crippen LogP contribution in [0.25, 0.3) is 0 Å². The summed E-state index contributed by atoms with van der Waals surface area (Å²) < 4.78 is 6.15. The van der Waals surface area contributed by atoms with Gasteiger partial charge in [-0.2, -0.15) is 0 Å². The van der Waals surface area contributed by atoms with Gasteiger partial charge in [0.2, 0.25) is 0 Å². The van der Waals surface area contributed by atoms with Crippen molar-refractivity contribution in [1.82, 2.24) is 4.90 Å². The van der Waals surface area contributed by atoms with Crippen LogP contribution in [0.5, 0.6) is 0 Å². The van der Waals surface area contributed by atoms with Crippen LogP contribution < -0.4 is 0 Å². The monoisotopic (exact) mass is 295 g/mol. The van der Waals surface area contributed by atoms with Gasteiger partial charge in [-0.15, -0.1) is 0 Å². The molecule has 2 aromatic rings. The smallest absolute Gasteiger partial charge is 0.256 e. The summed E-state index contributed by atoms with van der Waals surface area (Å²) in [4.78, 5) is 14.6. The van der Waals surface area contributed by atoms with Crippen LogP contribution in [-0.4, -0.2) is 16.9 Å². The molecule has 0 saturated heterocycles. The third-order valence-corrected chi connectivity index (χ3v) is 4.13. The highest BCUT2D eigenvalue weighted by Gasteiger charge is 2.37. The van der Waals surface area contributed by atoms with Gasteiger partial charge in [0.05, 0.1) is 6.10 Å². The zero-order chi connectivity index (χ0) is 15.5. The minimum Gasteiger partial charge on any atom is -0.351 e. The van der Waals surface area contributed by atoms with Crippen molar-refractivity contribution in [3.05, 3.63) is 71.3 Å². The fourth-order valence-corrected chi connectivity index (χ4v) is 2.73. The summed E-state index contributed by atoms with van der Waals surface area (Å²) >= 11 is 0. The highest BCUT2D eigenvalue weighted by molar-refractivity contribution is 5.98. The molecule has 114 valence electrons. The van der Waals surface area contributed by atoms with E-state index < -0.39 is 0 Å². The van der Waals surface area contributed by atoms with Crippen molar-refractivity contribution >= 4 is 5.91 Å². The van der Waals surface area contributed by atoms with Crippen LogP contribution in [-0.2, 0) is 11.3 Å². The first kappa shape index (κ1) is 14.8. The van der Waals surface area contributed by atoms with Crippen molar-refractivity contribution in [2.75, 3.05) is 0 Å². The lowest BCUT2D eigenvalue weighted by atomic mass is 10.1. The Labute approximate surface area is 131 Å². The third kappa shape index (κ3) is 2.77. The Hall–Kier alpha value is -2.13. The van der Waals surface area contributed by atoms with E-state index in [-0.39, 0.29) is 18.2 Å². The largest absolute Gasteiger partial charge is 0.351 e. The Morgan fingerprint density at radius 1 is 1.09 bits per heavy atom. The average Bonchev–Trinajstić information content (AvgIpc) is 2.82. The molecule has 22 heavy (non-hydrogen) atoms. The van der Waals surface area contributed by atoms with Gasteiger partial charge >= 0.3 is 0 Å². The van der Waals surface area contributed by atoms with Crippen LogP contribution in [0.4, 0.5) is 0 Å². The average molecular weight is 295 g/mol. The maximum atomic E-state index is 12.7. The molecule has 2 aromatic carbocycles. The van der Waals surface area contributed by atoms with E-state index in [1.807, 2.05) is 66.4 Å². The minimum absolute atomic E-state index is 0.0488.